The minimum absolute atomic E-state index is 0.217. The van der Waals surface area contributed by atoms with Crippen LogP contribution in [0.3, 0.4) is 0 Å². The van der Waals surface area contributed by atoms with E-state index in [9.17, 15) is 0 Å². The predicted octanol–water partition coefficient (Wildman–Crippen LogP) is 1.43. The lowest BCUT2D eigenvalue weighted by Crippen LogP contribution is -2.22. The molecule has 2 heterocycles. The number of fused-ring (bicyclic) bond motifs is 1. The molecule has 0 aliphatic carbocycles. The van der Waals surface area contributed by atoms with E-state index in [1.54, 1.807) is 0 Å². The first-order valence-corrected chi connectivity index (χ1v) is 5.26. The van der Waals surface area contributed by atoms with Crippen molar-refractivity contribution in [3.05, 3.63) is 42.1 Å². The van der Waals surface area contributed by atoms with Gasteiger partial charge in [-0.3, -0.25) is 10.6 Å². The zero-order valence-corrected chi connectivity index (χ0v) is 8.40. The number of nitrogens with zero attached hydrogens (tertiary/aromatic N) is 1. The first kappa shape index (κ1) is 8.83. The van der Waals surface area contributed by atoms with Crippen LogP contribution in [0.2, 0.25) is 0 Å². The number of para-hydroxylation sites is 1. The Morgan fingerprint density at radius 1 is 1.00 bits per heavy atom. The van der Waals surface area contributed by atoms with E-state index in [0.29, 0.717) is 0 Å². The molecule has 2 aromatic rings. The zero-order valence-electron chi connectivity index (χ0n) is 8.40. The summed E-state index contributed by atoms with van der Waals surface area (Å²) in [7, 11) is 0. The average Bonchev–Trinajstić information content (AvgIpc) is 2.82. The molecule has 0 saturated carbocycles. The molecular weight excluding hydrogens is 186 g/mol. The molecule has 76 valence electrons. The van der Waals surface area contributed by atoms with Gasteiger partial charge < -0.3 is 0 Å². The maximum absolute atomic E-state index is 4.63. The highest BCUT2D eigenvalue weighted by molar-refractivity contribution is 5.78. The molecule has 1 saturated heterocycles. The van der Waals surface area contributed by atoms with E-state index in [2.05, 4.69) is 33.8 Å². The van der Waals surface area contributed by atoms with Gasteiger partial charge in [0.25, 0.3) is 0 Å². The van der Waals surface area contributed by atoms with Gasteiger partial charge in [0.05, 0.1) is 11.2 Å². The van der Waals surface area contributed by atoms with Gasteiger partial charge in [0.2, 0.25) is 0 Å². The lowest BCUT2D eigenvalue weighted by molar-refractivity contribution is 0.573. The van der Waals surface area contributed by atoms with Crippen molar-refractivity contribution in [1.82, 2.24) is 15.6 Å². The summed E-state index contributed by atoms with van der Waals surface area (Å²) >= 11 is 0. The molecule has 2 N–H and O–H groups in total. The molecule has 3 nitrogen and oxygen atoms in total. The number of nitrogens with one attached hydrogen (secondary N) is 2. The molecule has 0 unspecified atom stereocenters. The maximum Gasteiger partial charge on any atom is 0.101 e. The van der Waals surface area contributed by atoms with Gasteiger partial charge >= 0.3 is 0 Å². The summed E-state index contributed by atoms with van der Waals surface area (Å²) in [4.78, 5) is 4.63. The van der Waals surface area contributed by atoms with Gasteiger partial charge in [-0.05, 0) is 12.1 Å². The molecule has 1 aliphatic rings. The van der Waals surface area contributed by atoms with E-state index in [0.717, 1.165) is 24.3 Å². The van der Waals surface area contributed by atoms with E-state index >= 15 is 0 Å². The molecule has 0 atom stereocenters. The Labute approximate surface area is 88.5 Å². The largest absolute Gasteiger partial charge is 0.296 e. The first-order valence-electron chi connectivity index (χ1n) is 5.26. The highest BCUT2D eigenvalue weighted by atomic mass is 15.2. The fraction of sp³-hybridized carbons (Fsp3) is 0.250. The summed E-state index contributed by atoms with van der Waals surface area (Å²) in [6.45, 7) is 2.03. The summed E-state index contributed by atoms with van der Waals surface area (Å²) in [6, 6.07) is 12.4. The van der Waals surface area contributed by atoms with Gasteiger partial charge in [-0.25, -0.2) is 4.98 Å². The minimum atomic E-state index is 0.217. The Morgan fingerprint density at radius 3 is 2.67 bits per heavy atom. The quantitative estimate of drug-likeness (QED) is 0.729. The van der Waals surface area contributed by atoms with Crippen molar-refractivity contribution in [2.24, 2.45) is 0 Å². The van der Waals surface area contributed by atoms with Crippen LogP contribution in [0.4, 0.5) is 0 Å². The molecule has 1 fully saturated rings. The Morgan fingerprint density at radius 2 is 1.80 bits per heavy atom. The molecule has 1 aromatic carbocycles. The second-order valence-electron chi connectivity index (χ2n) is 3.77. The second kappa shape index (κ2) is 3.61. The van der Waals surface area contributed by atoms with Crippen molar-refractivity contribution >= 4 is 10.9 Å². The summed E-state index contributed by atoms with van der Waals surface area (Å²) < 4.78 is 0. The van der Waals surface area contributed by atoms with Crippen molar-refractivity contribution in [3.63, 3.8) is 0 Å². The van der Waals surface area contributed by atoms with Gasteiger partial charge in [0, 0.05) is 18.5 Å². The minimum Gasteiger partial charge on any atom is -0.296 e. The number of rotatable bonds is 1. The van der Waals surface area contributed by atoms with Crippen LogP contribution >= 0.6 is 0 Å². The van der Waals surface area contributed by atoms with Crippen molar-refractivity contribution in [3.8, 4) is 0 Å². The molecule has 0 amide bonds. The zero-order chi connectivity index (χ0) is 10.1. The second-order valence-corrected chi connectivity index (χ2v) is 3.77. The molecule has 0 bridgehead atoms. The third-order valence-electron chi connectivity index (χ3n) is 2.74. The lowest BCUT2D eigenvalue weighted by atomic mass is 10.2. The van der Waals surface area contributed by atoms with Crippen LogP contribution in [0, 0.1) is 0 Å². The molecule has 3 heteroatoms. The number of hydrogen-bond donors (Lipinski definition) is 2. The highest BCUT2D eigenvalue weighted by Gasteiger charge is 2.16. The summed E-state index contributed by atoms with van der Waals surface area (Å²) in [6.07, 6.45) is 0.217. The van der Waals surface area contributed by atoms with Gasteiger partial charge in [0.1, 0.15) is 6.17 Å². The predicted molar refractivity (Wildman–Crippen MR) is 60.5 cm³/mol. The van der Waals surface area contributed by atoms with Crippen LogP contribution in [0.15, 0.2) is 36.4 Å². The first-order chi connectivity index (χ1) is 7.43. The van der Waals surface area contributed by atoms with Gasteiger partial charge in [-0.1, -0.05) is 24.3 Å². The summed E-state index contributed by atoms with van der Waals surface area (Å²) in [5.41, 5.74) is 2.14. The maximum atomic E-state index is 4.63. The van der Waals surface area contributed by atoms with Crippen LogP contribution in [0.5, 0.6) is 0 Å². The highest BCUT2D eigenvalue weighted by Crippen LogP contribution is 2.16. The van der Waals surface area contributed by atoms with Crippen LogP contribution in [0.25, 0.3) is 10.9 Å². The summed E-state index contributed by atoms with van der Waals surface area (Å²) in [5.74, 6) is 0. The smallest absolute Gasteiger partial charge is 0.101 e. The third-order valence-corrected chi connectivity index (χ3v) is 2.74. The van der Waals surface area contributed by atoms with E-state index in [4.69, 9.17) is 0 Å². The average molecular weight is 199 g/mol. The van der Waals surface area contributed by atoms with Gasteiger partial charge in [0.15, 0.2) is 0 Å². The Hall–Kier alpha value is -1.45. The van der Waals surface area contributed by atoms with Crippen molar-refractivity contribution in [2.45, 2.75) is 6.17 Å². The molecule has 1 aromatic heterocycles. The Bertz CT molecular complexity index is 475. The number of benzene rings is 1. The number of hydrogen-bond acceptors (Lipinski definition) is 3. The van der Waals surface area contributed by atoms with Crippen LogP contribution in [0.1, 0.15) is 11.9 Å². The molecule has 0 spiro atoms. The van der Waals surface area contributed by atoms with Crippen molar-refractivity contribution < 1.29 is 0 Å². The van der Waals surface area contributed by atoms with E-state index < -0.39 is 0 Å². The fourth-order valence-corrected chi connectivity index (χ4v) is 1.96. The van der Waals surface area contributed by atoms with Crippen molar-refractivity contribution in [1.29, 1.82) is 0 Å². The molecular formula is C12H13N3. The Balaban J connectivity index is 2.05. The topological polar surface area (TPSA) is 37.0 Å². The van der Waals surface area contributed by atoms with Crippen LogP contribution in [-0.2, 0) is 0 Å². The normalized spacial score (nSPS) is 17.3. The van der Waals surface area contributed by atoms with Gasteiger partial charge in [-0.2, -0.15) is 0 Å². The van der Waals surface area contributed by atoms with E-state index in [-0.39, 0.29) is 6.17 Å². The van der Waals surface area contributed by atoms with Gasteiger partial charge in [-0.15, -0.1) is 0 Å². The summed E-state index contributed by atoms with van der Waals surface area (Å²) in [5, 5.41) is 7.92. The fourth-order valence-electron chi connectivity index (χ4n) is 1.96. The van der Waals surface area contributed by atoms with Crippen LogP contribution in [-0.4, -0.2) is 18.1 Å². The SMILES string of the molecule is c1ccc2nc(C3NCCN3)ccc2c1. The standard InChI is InChI=1S/C12H13N3/c1-2-4-10-9(3-1)5-6-11(15-10)12-13-7-8-14-12/h1-6,12-14H,7-8H2. The van der Waals surface area contributed by atoms with Crippen LogP contribution < -0.4 is 10.6 Å². The molecule has 3 rings (SSSR count). The molecule has 0 radical (unpaired) electrons. The van der Waals surface area contributed by atoms with E-state index in [1.165, 1.54) is 5.39 Å². The third kappa shape index (κ3) is 1.60. The number of pyridine rings is 1. The van der Waals surface area contributed by atoms with Crippen molar-refractivity contribution in [2.75, 3.05) is 13.1 Å². The monoisotopic (exact) mass is 199 g/mol. The molecule has 15 heavy (non-hydrogen) atoms. The lowest BCUT2D eigenvalue weighted by Gasteiger charge is -2.10. The Kier molecular flexibility index (Phi) is 2.12. The molecule has 1 aliphatic heterocycles. The number of aromatic nitrogens is 1. The van der Waals surface area contributed by atoms with E-state index in [1.807, 2.05) is 18.2 Å².